The maximum absolute atomic E-state index is 13.4. The Balaban J connectivity index is 2.17. The minimum absolute atomic E-state index is 0.0692. The zero-order chi connectivity index (χ0) is 11.8. The van der Waals surface area contributed by atoms with E-state index in [9.17, 15) is 4.39 Å². The lowest BCUT2D eigenvalue weighted by atomic mass is 9.87. The summed E-state index contributed by atoms with van der Waals surface area (Å²) < 4.78 is 13.4. The van der Waals surface area contributed by atoms with Gasteiger partial charge in [0.1, 0.15) is 0 Å². The van der Waals surface area contributed by atoms with Crippen molar-refractivity contribution in [3.63, 3.8) is 0 Å². The fourth-order valence-electron chi connectivity index (χ4n) is 2.21. The molecule has 1 aromatic rings. The van der Waals surface area contributed by atoms with E-state index in [1.54, 1.807) is 0 Å². The molecule has 0 bridgehead atoms. The number of rotatable bonds is 2. The van der Waals surface area contributed by atoms with Gasteiger partial charge in [0.15, 0.2) is 11.6 Å². The van der Waals surface area contributed by atoms with E-state index >= 15 is 0 Å². The van der Waals surface area contributed by atoms with E-state index in [-0.39, 0.29) is 22.6 Å². The third kappa shape index (κ3) is 2.26. The second-order valence-corrected chi connectivity index (χ2v) is 5.25. The van der Waals surface area contributed by atoms with Gasteiger partial charge in [-0.25, -0.2) is 9.37 Å². The molecular formula is C11H15ClFN3. The van der Waals surface area contributed by atoms with Crippen molar-refractivity contribution >= 4 is 17.4 Å². The zero-order valence-electron chi connectivity index (χ0n) is 9.43. The Labute approximate surface area is 99.4 Å². The fourth-order valence-corrected chi connectivity index (χ4v) is 2.34. The van der Waals surface area contributed by atoms with E-state index < -0.39 is 5.82 Å². The van der Waals surface area contributed by atoms with Crippen LogP contribution in [0.1, 0.15) is 33.1 Å². The molecule has 1 heterocycles. The summed E-state index contributed by atoms with van der Waals surface area (Å²) in [6.45, 7) is 4.36. The normalized spacial score (nSPS) is 23.4. The minimum Gasteiger partial charge on any atom is -0.364 e. The first-order chi connectivity index (χ1) is 7.49. The van der Waals surface area contributed by atoms with Gasteiger partial charge in [0.05, 0.1) is 6.20 Å². The first-order valence-corrected chi connectivity index (χ1v) is 5.81. The molecule has 1 N–H and O–H groups in total. The summed E-state index contributed by atoms with van der Waals surface area (Å²) in [5.41, 5.74) is 0.171. The largest absolute Gasteiger partial charge is 0.364 e. The Hall–Kier alpha value is -0.900. The molecule has 0 saturated heterocycles. The Morgan fingerprint density at radius 2 is 2.31 bits per heavy atom. The van der Waals surface area contributed by atoms with Crippen LogP contribution in [-0.4, -0.2) is 16.0 Å². The van der Waals surface area contributed by atoms with Gasteiger partial charge in [-0.05, 0) is 29.9 Å². The number of aromatic nitrogens is 2. The van der Waals surface area contributed by atoms with Crippen LogP contribution >= 0.6 is 11.6 Å². The molecule has 5 heteroatoms. The van der Waals surface area contributed by atoms with E-state index in [0.717, 1.165) is 25.5 Å². The summed E-state index contributed by atoms with van der Waals surface area (Å²) in [5, 5.41) is 3.20. The lowest BCUT2D eigenvalue weighted by Crippen LogP contribution is -2.31. The molecule has 2 rings (SSSR count). The van der Waals surface area contributed by atoms with Crippen molar-refractivity contribution in [3.05, 3.63) is 17.3 Å². The van der Waals surface area contributed by atoms with Crippen molar-refractivity contribution in [2.45, 2.75) is 39.2 Å². The van der Waals surface area contributed by atoms with E-state index in [1.807, 2.05) is 0 Å². The van der Waals surface area contributed by atoms with Crippen LogP contribution < -0.4 is 5.32 Å². The van der Waals surface area contributed by atoms with Crippen molar-refractivity contribution in [2.75, 3.05) is 5.32 Å². The molecule has 1 aliphatic rings. The summed E-state index contributed by atoms with van der Waals surface area (Å²) in [7, 11) is 0. The average molecular weight is 244 g/mol. The number of halogens is 2. The van der Waals surface area contributed by atoms with Gasteiger partial charge >= 0.3 is 0 Å². The molecule has 0 spiro atoms. The van der Waals surface area contributed by atoms with Crippen LogP contribution in [0.4, 0.5) is 10.2 Å². The first kappa shape index (κ1) is 11.6. The summed E-state index contributed by atoms with van der Waals surface area (Å²) in [6.07, 6.45) is 4.43. The van der Waals surface area contributed by atoms with E-state index in [0.29, 0.717) is 0 Å². The van der Waals surface area contributed by atoms with Gasteiger partial charge in [0.25, 0.3) is 0 Å². The molecule has 1 saturated carbocycles. The standard InChI is InChI=1S/C11H15ClFN3/c1-11(2)5-3-4-8(11)15-9-7(13)6-14-10(12)16-9/h6,8H,3-5H2,1-2H3,(H,14,15,16). The Morgan fingerprint density at radius 1 is 1.56 bits per heavy atom. The van der Waals surface area contributed by atoms with Crippen LogP contribution in [0.5, 0.6) is 0 Å². The molecule has 0 aliphatic heterocycles. The van der Waals surface area contributed by atoms with Gasteiger partial charge in [-0.3, -0.25) is 0 Å². The Bertz CT molecular complexity index is 395. The van der Waals surface area contributed by atoms with Crippen molar-refractivity contribution in [1.29, 1.82) is 0 Å². The average Bonchev–Trinajstić information content (AvgIpc) is 2.52. The molecule has 0 radical (unpaired) electrons. The second kappa shape index (κ2) is 4.17. The van der Waals surface area contributed by atoms with E-state index in [4.69, 9.17) is 11.6 Å². The SMILES string of the molecule is CC1(C)CCCC1Nc1nc(Cl)ncc1F. The van der Waals surface area contributed by atoms with Crippen molar-refractivity contribution in [1.82, 2.24) is 9.97 Å². The molecule has 1 fully saturated rings. The second-order valence-electron chi connectivity index (χ2n) is 4.91. The quantitative estimate of drug-likeness (QED) is 0.811. The maximum Gasteiger partial charge on any atom is 0.224 e. The summed E-state index contributed by atoms with van der Waals surface area (Å²) in [4.78, 5) is 7.46. The van der Waals surface area contributed by atoms with E-state index in [1.165, 1.54) is 0 Å². The molecule has 88 valence electrons. The van der Waals surface area contributed by atoms with Gasteiger partial charge in [-0.1, -0.05) is 20.3 Å². The van der Waals surface area contributed by atoms with Gasteiger partial charge in [0.2, 0.25) is 5.28 Å². The number of hydrogen-bond acceptors (Lipinski definition) is 3. The molecule has 3 nitrogen and oxygen atoms in total. The summed E-state index contributed by atoms with van der Waals surface area (Å²) >= 11 is 5.64. The van der Waals surface area contributed by atoms with Crippen molar-refractivity contribution in [3.8, 4) is 0 Å². The van der Waals surface area contributed by atoms with Crippen molar-refractivity contribution < 1.29 is 4.39 Å². The molecule has 1 unspecified atom stereocenters. The summed E-state index contributed by atoms with van der Waals surface area (Å²) in [5.74, 6) is -0.243. The topological polar surface area (TPSA) is 37.8 Å². The molecule has 0 aromatic carbocycles. The highest BCUT2D eigenvalue weighted by atomic mass is 35.5. The number of hydrogen-bond donors (Lipinski definition) is 1. The van der Waals surface area contributed by atoms with Gasteiger partial charge in [-0.15, -0.1) is 0 Å². The van der Waals surface area contributed by atoms with Crippen LogP contribution in [0.2, 0.25) is 5.28 Å². The molecule has 1 aromatic heterocycles. The van der Waals surface area contributed by atoms with Gasteiger partial charge in [-0.2, -0.15) is 4.98 Å². The minimum atomic E-state index is -0.452. The number of anilines is 1. The predicted molar refractivity (Wildman–Crippen MR) is 62.0 cm³/mol. The molecular weight excluding hydrogens is 229 g/mol. The van der Waals surface area contributed by atoms with Gasteiger partial charge < -0.3 is 5.32 Å². The highest BCUT2D eigenvalue weighted by Crippen LogP contribution is 2.39. The van der Waals surface area contributed by atoms with Crippen molar-refractivity contribution in [2.24, 2.45) is 5.41 Å². The summed E-state index contributed by atoms with van der Waals surface area (Å²) in [6, 6.07) is 0.243. The highest BCUT2D eigenvalue weighted by Gasteiger charge is 2.35. The molecule has 16 heavy (non-hydrogen) atoms. The zero-order valence-corrected chi connectivity index (χ0v) is 10.2. The highest BCUT2D eigenvalue weighted by molar-refractivity contribution is 6.28. The van der Waals surface area contributed by atoms with Crippen LogP contribution in [-0.2, 0) is 0 Å². The van der Waals surface area contributed by atoms with Crippen LogP contribution in [0.3, 0.4) is 0 Å². The Kier molecular flexibility index (Phi) is 3.02. The van der Waals surface area contributed by atoms with Gasteiger partial charge in [0, 0.05) is 6.04 Å². The third-order valence-corrected chi connectivity index (χ3v) is 3.46. The van der Waals surface area contributed by atoms with E-state index in [2.05, 4.69) is 29.1 Å². The lowest BCUT2D eigenvalue weighted by Gasteiger charge is -2.28. The molecule has 0 amide bonds. The maximum atomic E-state index is 13.4. The third-order valence-electron chi connectivity index (χ3n) is 3.28. The first-order valence-electron chi connectivity index (χ1n) is 5.43. The monoisotopic (exact) mass is 243 g/mol. The predicted octanol–water partition coefficient (Wildman–Crippen LogP) is 3.26. The van der Waals surface area contributed by atoms with Crippen LogP contribution in [0.15, 0.2) is 6.20 Å². The smallest absolute Gasteiger partial charge is 0.224 e. The fraction of sp³-hybridized carbons (Fsp3) is 0.636. The van der Waals surface area contributed by atoms with Crippen LogP contribution in [0.25, 0.3) is 0 Å². The molecule has 1 atom stereocenters. The van der Waals surface area contributed by atoms with Crippen LogP contribution in [0, 0.1) is 11.2 Å². The lowest BCUT2D eigenvalue weighted by molar-refractivity contribution is 0.348. The number of nitrogens with zero attached hydrogens (tertiary/aromatic N) is 2. The number of nitrogens with one attached hydrogen (secondary N) is 1. The molecule has 1 aliphatic carbocycles. The Morgan fingerprint density at radius 3 is 2.94 bits per heavy atom.